The SMILES string of the molecule is CS(=O)(=O)c1ccc(-c2cc(C#N)c(NCc3ccc(Cl)cc3)nc2-c2ccc(F)cc2)cc1. The topological polar surface area (TPSA) is 82.8 Å². The van der Waals surface area contributed by atoms with Gasteiger partial charge in [-0.2, -0.15) is 5.26 Å². The Kier molecular flexibility index (Phi) is 6.64. The van der Waals surface area contributed by atoms with Crippen LogP contribution in [0.15, 0.2) is 83.8 Å². The molecular formula is C26H19ClFN3O2S. The molecule has 0 aliphatic carbocycles. The van der Waals surface area contributed by atoms with Gasteiger partial charge in [0.1, 0.15) is 17.7 Å². The van der Waals surface area contributed by atoms with Crippen LogP contribution in [0, 0.1) is 17.1 Å². The maximum Gasteiger partial charge on any atom is 0.175 e. The van der Waals surface area contributed by atoms with Gasteiger partial charge in [-0.15, -0.1) is 0 Å². The number of aromatic nitrogens is 1. The lowest BCUT2D eigenvalue weighted by molar-refractivity contribution is 0.602. The van der Waals surface area contributed by atoms with Crippen molar-refractivity contribution in [2.24, 2.45) is 0 Å². The fourth-order valence-electron chi connectivity index (χ4n) is 3.45. The molecule has 4 rings (SSSR count). The molecule has 0 unspecified atom stereocenters. The van der Waals surface area contributed by atoms with Gasteiger partial charge in [-0.05, 0) is 65.7 Å². The predicted octanol–water partition coefficient (Wildman–Crippen LogP) is 6.10. The minimum atomic E-state index is -3.35. The van der Waals surface area contributed by atoms with E-state index in [0.717, 1.165) is 11.8 Å². The summed E-state index contributed by atoms with van der Waals surface area (Å²) in [5, 5.41) is 13.6. The molecule has 0 spiro atoms. The predicted molar refractivity (Wildman–Crippen MR) is 132 cm³/mol. The number of halogens is 2. The first-order valence-corrected chi connectivity index (χ1v) is 12.5. The third-order valence-corrected chi connectivity index (χ3v) is 6.61. The van der Waals surface area contributed by atoms with Crippen molar-refractivity contribution < 1.29 is 12.8 Å². The Hall–Kier alpha value is -3.73. The highest BCUT2D eigenvalue weighted by Gasteiger charge is 2.16. The van der Waals surface area contributed by atoms with Crippen LogP contribution in [-0.2, 0) is 16.4 Å². The Balaban J connectivity index is 1.80. The molecule has 34 heavy (non-hydrogen) atoms. The zero-order chi connectivity index (χ0) is 24.3. The molecule has 0 saturated heterocycles. The van der Waals surface area contributed by atoms with Crippen molar-refractivity contribution >= 4 is 27.3 Å². The monoisotopic (exact) mass is 491 g/mol. The Morgan fingerprint density at radius 2 is 1.59 bits per heavy atom. The van der Waals surface area contributed by atoms with E-state index in [-0.39, 0.29) is 10.7 Å². The number of nitrogens with zero attached hydrogens (tertiary/aromatic N) is 2. The van der Waals surface area contributed by atoms with Crippen LogP contribution >= 0.6 is 11.6 Å². The average molecular weight is 492 g/mol. The smallest absolute Gasteiger partial charge is 0.175 e. The number of nitrogens with one attached hydrogen (secondary N) is 1. The van der Waals surface area contributed by atoms with Gasteiger partial charge in [0.15, 0.2) is 9.84 Å². The maximum atomic E-state index is 13.6. The summed E-state index contributed by atoms with van der Waals surface area (Å²) in [4.78, 5) is 4.91. The van der Waals surface area contributed by atoms with Gasteiger partial charge in [0.05, 0.1) is 16.2 Å². The summed E-state index contributed by atoms with van der Waals surface area (Å²) in [5.74, 6) is 0.00539. The van der Waals surface area contributed by atoms with Crippen LogP contribution in [0.5, 0.6) is 0 Å². The molecule has 3 aromatic carbocycles. The largest absolute Gasteiger partial charge is 0.365 e. The lowest BCUT2D eigenvalue weighted by Crippen LogP contribution is -2.05. The van der Waals surface area contributed by atoms with E-state index in [4.69, 9.17) is 16.6 Å². The number of hydrogen-bond donors (Lipinski definition) is 1. The number of nitriles is 1. The van der Waals surface area contributed by atoms with Crippen LogP contribution in [0.2, 0.25) is 5.02 Å². The van der Waals surface area contributed by atoms with Crippen molar-refractivity contribution in [1.29, 1.82) is 5.26 Å². The van der Waals surface area contributed by atoms with Crippen molar-refractivity contribution in [2.45, 2.75) is 11.4 Å². The van der Waals surface area contributed by atoms with Crippen LogP contribution in [0.1, 0.15) is 11.1 Å². The number of rotatable bonds is 6. The van der Waals surface area contributed by atoms with Crippen LogP contribution in [0.3, 0.4) is 0 Å². The van der Waals surface area contributed by atoms with Crippen molar-refractivity contribution in [3.05, 3.63) is 101 Å². The molecule has 0 saturated carbocycles. The van der Waals surface area contributed by atoms with E-state index in [1.54, 1.807) is 42.5 Å². The van der Waals surface area contributed by atoms with Crippen molar-refractivity contribution in [3.8, 4) is 28.5 Å². The molecule has 8 heteroatoms. The van der Waals surface area contributed by atoms with Crippen molar-refractivity contribution in [3.63, 3.8) is 0 Å². The minimum absolute atomic E-state index is 0.189. The Bertz CT molecular complexity index is 1480. The zero-order valence-electron chi connectivity index (χ0n) is 18.1. The lowest BCUT2D eigenvalue weighted by atomic mass is 9.97. The zero-order valence-corrected chi connectivity index (χ0v) is 19.7. The van der Waals surface area contributed by atoms with Gasteiger partial charge in [-0.25, -0.2) is 17.8 Å². The van der Waals surface area contributed by atoms with Gasteiger partial charge in [-0.3, -0.25) is 0 Å². The second kappa shape index (κ2) is 9.64. The van der Waals surface area contributed by atoms with E-state index in [0.29, 0.717) is 45.3 Å². The van der Waals surface area contributed by atoms with Crippen LogP contribution in [0.4, 0.5) is 10.2 Å². The molecule has 0 radical (unpaired) electrons. The van der Waals surface area contributed by atoms with Crippen molar-refractivity contribution in [2.75, 3.05) is 11.6 Å². The summed E-state index contributed by atoms with van der Waals surface area (Å²) in [5.41, 5.74) is 3.77. The number of pyridine rings is 1. The summed E-state index contributed by atoms with van der Waals surface area (Å²) in [7, 11) is -3.35. The number of anilines is 1. The first-order chi connectivity index (χ1) is 16.2. The number of sulfone groups is 1. The summed E-state index contributed by atoms with van der Waals surface area (Å²) >= 11 is 5.95. The fourth-order valence-corrected chi connectivity index (χ4v) is 4.21. The van der Waals surface area contributed by atoms with Gasteiger partial charge in [0, 0.05) is 29.0 Å². The first kappa shape index (κ1) is 23.4. The first-order valence-electron chi connectivity index (χ1n) is 10.2. The molecule has 1 aromatic heterocycles. The second-order valence-corrected chi connectivity index (χ2v) is 10.1. The molecule has 1 N–H and O–H groups in total. The molecular weight excluding hydrogens is 473 g/mol. The minimum Gasteiger partial charge on any atom is -0.365 e. The summed E-state index contributed by atoms with van der Waals surface area (Å²) in [6, 6.07) is 23.5. The quantitative estimate of drug-likeness (QED) is 0.352. The number of benzene rings is 3. The van der Waals surface area contributed by atoms with Gasteiger partial charge < -0.3 is 5.32 Å². The lowest BCUT2D eigenvalue weighted by Gasteiger charge is -2.15. The normalized spacial score (nSPS) is 11.1. The summed E-state index contributed by atoms with van der Waals surface area (Å²) in [6.45, 7) is 0.421. The Morgan fingerprint density at radius 1 is 0.971 bits per heavy atom. The van der Waals surface area contributed by atoms with E-state index in [2.05, 4.69) is 11.4 Å². The van der Waals surface area contributed by atoms with Crippen LogP contribution < -0.4 is 5.32 Å². The molecule has 0 fully saturated rings. The molecule has 0 aliphatic rings. The van der Waals surface area contributed by atoms with E-state index in [1.165, 1.54) is 24.3 Å². The van der Waals surface area contributed by atoms with Gasteiger partial charge in [0.25, 0.3) is 0 Å². The van der Waals surface area contributed by atoms with E-state index in [1.807, 2.05) is 12.1 Å². The van der Waals surface area contributed by atoms with Crippen molar-refractivity contribution in [1.82, 2.24) is 4.98 Å². The van der Waals surface area contributed by atoms with Gasteiger partial charge >= 0.3 is 0 Å². The highest BCUT2D eigenvalue weighted by molar-refractivity contribution is 7.90. The molecule has 0 aliphatic heterocycles. The molecule has 5 nitrogen and oxygen atoms in total. The molecule has 0 amide bonds. The third kappa shape index (κ3) is 5.25. The third-order valence-electron chi connectivity index (χ3n) is 5.23. The van der Waals surface area contributed by atoms with E-state index in [9.17, 15) is 18.1 Å². The molecule has 4 aromatic rings. The second-order valence-electron chi connectivity index (χ2n) is 7.68. The number of hydrogen-bond acceptors (Lipinski definition) is 5. The molecule has 0 atom stereocenters. The summed E-state index contributed by atoms with van der Waals surface area (Å²) < 4.78 is 37.3. The fraction of sp³-hybridized carbons (Fsp3) is 0.0769. The van der Waals surface area contributed by atoms with Crippen LogP contribution in [0.25, 0.3) is 22.4 Å². The highest BCUT2D eigenvalue weighted by Crippen LogP contribution is 2.34. The molecule has 170 valence electrons. The van der Waals surface area contributed by atoms with Crippen LogP contribution in [-0.4, -0.2) is 19.7 Å². The molecule has 0 bridgehead atoms. The van der Waals surface area contributed by atoms with E-state index < -0.39 is 9.84 Å². The average Bonchev–Trinajstić information content (AvgIpc) is 2.83. The Morgan fingerprint density at radius 3 is 2.18 bits per heavy atom. The van der Waals surface area contributed by atoms with Gasteiger partial charge in [0.2, 0.25) is 0 Å². The van der Waals surface area contributed by atoms with Gasteiger partial charge in [-0.1, -0.05) is 35.9 Å². The summed E-state index contributed by atoms with van der Waals surface area (Å²) in [6.07, 6.45) is 1.14. The standard InChI is InChI=1S/C26H19ClFN3O2S/c1-34(32,33)23-12-6-18(7-13-23)24-14-20(15-29)26(30-16-17-2-8-21(27)9-3-17)31-25(24)19-4-10-22(28)11-5-19/h2-14H,16H2,1H3,(H,30,31). The van der Waals surface area contributed by atoms with E-state index >= 15 is 0 Å². The maximum absolute atomic E-state index is 13.6. The Labute approximate surface area is 202 Å². The highest BCUT2D eigenvalue weighted by atomic mass is 35.5. The molecule has 1 heterocycles.